The molecule has 2 atom stereocenters. The molecule has 11 heteroatoms. The molecule has 8 nitrogen and oxygen atoms in total. The molecule has 46 heavy (non-hydrogen) atoms. The number of aromatic nitrogens is 2. The number of nitrogens with one attached hydrogen (secondary N) is 2. The van der Waals surface area contributed by atoms with E-state index in [9.17, 15) is 9.50 Å². The van der Waals surface area contributed by atoms with E-state index >= 15 is 8.78 Å². The van der Waals surface area contributed by atoms with Gasteiger partial charge in [0, 0.05) is 78.5 Å². The lowest BCUT2D eigenvalue weighted by Gasteiger charge is -2.39. The predicted molar refractivity (Wildman–Crippen MR) is 170 cm³/mol. The van der Waals surface area contributed by atoms with Crippen molar-refractivity contribution < 1.29 is 23.0 Å². The van der Waals surface area contributed by atoms with Gasteiger partial charge >= 0.3 is 6.01 Å². The van der Waals surface area contributed by atoms with E-state index in [1.54, 1.807) is 12.1 Å². The lowest BCUT2D eigenvalue weighted by Crippen LogP contribution is -2.54. The Kier molecular flexibility index (Phi) is 6.46. The number of rotatable bonds is 7. The van der Waals surface area contributed by atoms with Crippen molar-refractivity contribution >= 4 is 27.5 Å². The summed E-state index contributed by atoms with van der Waals surface area (Å²) in [6.07, 6.45) is 5.53. The van der Waals surface area contributed by atoms with Gasteiger partial charge in [0.1, 0.15) is 17.1 Å². The third kappa shape index (κ3) is 4.77. The van der Waals surface area contributed by atoms with Gasteiger partial charge in [-0.1, -0.05) is 12.1 Å². The van der Waals surface area contributed by atoms with E-state index in [0.717, 1.165) is 77.6 Å². The highest BCUT2D eigenvalue weighted by atomic mass is 19.2. The Morgan fingerprint density at radius 1 is 0.935 bits per heavy atom. The zero-order chi connectivity index (χ0) is 31.2. The molecule has 3 aromatic carbocycles. The summed E-state index contributed by atoms with van der Waals surface area (Å²) in [6.45, 7) is 7.33. The zero-order valence-corrected chi connectivity index (χ0v) is 25.6. The van der Waals surface area contributed by atoms with Crippen LogP contribution in [0.3, 0.4) is 0 Å². The first-order chi connectivity index (χ1) is 22.3. The Labute approximate surface area is 264 Å². The largest absolute Gasteiger partial charge is 0.508 e. The Bertz CT molecular complexity index is 1870. The number of aromatic hydroxyl groups is 1. The molecule has 1 aromatic heterocycles. The lowest BCUT2D eigenvalue weighted by atomic mass is 9.81. The second-order valence-electron chi connectivity index (χ2n) is 14.5. The SMILES string of the molecule is Oc1cc(-c2ccc3c(N4CC5CCC(C4)N5)nc(OCC4(CN5CCC6(CNC6)C5)CC4)nc3c2F)c2c(F)c(F)ccc2c1. The molecule has 5 fully saturated rings. The van der Waals surface area contributed by atoms with E-state index < -0.39 is 17.5 Å². The van der Waals surface area contributed by atoms with Gasteiger partial charge in [-0.05, 0) is 73.9 Å². The van der Waals surface area contributed by atoms with Crippen LogP contribution in [0.15, 0.2) is 36.4 Å². The number of anilines is 1. The number of hydrogen-bond donors (Lipinski definition) is 3. The van der Waals surface area contributed by atoms with Gasteiger partial charge in [0.2, 0.25) is 0 Å². The van der Waals surface area contributed by atoms with Gasteiger partial charge in [0.15, 0.2) is 17.5 Å². The topological polar surface area (TPSA) is 85.8 Å². The molecule has 4 aromatic rings. The Hall–Kier alpha value is -3.67. The van der Waals surface area contributed by atoms with Crippen molar-refractivity contribution in [2.45, 2.75) is 44.2 Å². The first kappa shape index (κ1) is 28.5. The van der Waals surface area contributed by atoms with E-state index in [4.69, 9.17) is 9.72 Å². The Balaban J connectivity index is 1.09. The molecule has 240 valence electrons. The summed E-state index contributed by atoms with van der Waals surface area (Å²) in [5.41, 5.74) is 0.594. The number of phenols is 1. The standard InChI is InChI=1S/C35H37F3N6O2/c36-27-6-1-20-11-23(45)12-26(28(20)30(27)38)24-4-5-25-31(29(24)37)41-33(42-32(25)44-13-21-2-3-22(14-44)40-21)46-19-34(7-8-34)17-43-10-9-35(18-43)15-39-16-35/h1,4-6,11-12,21-22,39-40,45H,2-3,7-10,13-19H2. The van der Waals surface area contributed by atoms with Crippen LogP contribution in [-0.4, -0.2) is 84.5 Å². The third-order valence-corrected chi connectivity index (χ3v) is 11.1. The maximum absolute atomic E-state index is 16.7. The zero-order valence-electron chi connectivity index (χ0n) is 25.6. The molecule has 2 bridgehead atoms. The van der Waals surface area contributed by atoms with Gasteiger partial charge in [-0.3, -0.25) is 0 Å². The van der Waals surface area contributed by atoms with Crippen molar-refractivity contribution in [1.82, 2.24) is 25.5 Å². The van der Waals surface area contributed by atoms with Crippen LogP contribution < -0.4 is 20.3 Å². The number of halogens is 3. The van der Waals surface area contributed by atoms with Crippen LogP contribution in [0.25, 0.3) is 32.8 Å². The fourth-order valence-corrected chi connectivity index (χ4v) is 8.35. The summed E-state index contributed by atoms with van der Waals surface area (Å²) in [4.78, 5) is 14.3. The van der Waals surface area contributed by atoms with E-state index in [1.807, 2.05) is 0 Å². The van der Waals surface area contributed by atoms with Crippen molar-refractivity contribution in [2.75, 3.05) is 57.3 Å². The van der Waals surface area contributed by atoms with Crippen molar-refractivity contribution in [3.8, 4) is 22.9 Å². The highest BCUT2D eigenvalue weighted by molar-refractivity contribution is 6.01. The summed E-state index contributed by atoms with van der Waals surface area (Å²) >= 11 is 0. The number of fused-ring (bicyclic) bond motifs is 4. The van der Waals surface area contributed by atoms with Gasteiger partial charge < -0.3 is 30.3 Å². The number of piperazine rings is 1. The molecule has 3 N–H and O–H groups in total. The molecule has 4 saturated heterocycles. The molecule has 5 heterocycles. The summed E-state index contributed by atoms with van der Waals surface area (Å²) in [7, 11) is 0. The molecule has 0 radical (unpaired) electrons. The predicted octanol–water partition coefficient (Wildman–Crippen LogP) is 4.97. The Morgan fingerprint density at radius 3 is 2.46 bits per heavy atom. The lowest BCUT2D eigenvalue weighted by molar-refractivity contribution is 0.137. The number of ether oxygens (including phenoxy) is 1. The van der Waals surface area contributed by atoms with Gasteiger partial charge in [-0.15, -0.1) is 0 Å². The molecule has 2 unspecified atom stereocenters. The molecule has 9 rings (SSSR count). The average Bonchev–Trinajstić information content (AvgIpc) is 3.51. The monoisotopic (exact) mass is 630 g/mol. The maximum atomic E-state index is 16.7. The van der Waals surface area contributed by atoms with Crippen molar-refractivity contribution in [2.24, 2.45) is 10.8 Å². The fourth-order valence-electron chi connectivity index (χ4n) is 8.35. The van der Waals surface area contributed by atoms with Gasteiger partial charge in [-0.2, -0.15) is 9.97 Å². The number of phenolic OH excluding ortho intramolecular Hbond substituents is 1. The second-order valence-corrected chi connectivity index (χ2v) is 14.5. The minimum atomic E-state index is -1.09. The van der Waals surface area contributed by atoms with Crippen LogP contribution in [0.5, 0.6) is 11.8 Å². The molecule has 5 aliphatic rings. The highest BCUT2D eigenvalue weighted by Crippen LogP contribution is 2.48. The van der Waals surface area contributed by atoms with Crippen molar-refractivity contribution in [3.05, 3.63) is 53.8 Å². The number of benzene rings is 3. The molecule has 1 aliphatic carbocycles. The minimum absolute atomic E-state index is 0.0148. The average molecular weight is 631 g/mol. The van der Waals surface area contributed by atoms with E-state index in [-0.39, 0.29) is 44.6 Å². The third-order valence-electron chi connectivity index (χ3n) is 11.1. The molecule has 1 spiro atoms. The van der Waals surface area contributed by atoms with Gasteiger partial charge in [0.05, 0.1) is 6.61 Å². The normalized spacial score (nSPS) is 24.6. The van der Waals surface area contributed by atoms with Gasteiger partial charge in [-0.25, -0.2) is 13.2 Å². The molecular formula is C35H37F3N6O2. The summed E-state index contributed by atoms with van der Waals surface area (Å²) in [5, 5.41) is 18.2. The second kappa shape index (κ2) is 10.4. The van der Waals surface area contributed by atoms with Crippen LogP contribution in [0, 0.1) is 28.3 Å². The van der Waals surface area contributed by atoms with Gasteiger partial charge in [0.25, 0.3) is 0 Å². The fraction of sp³-hybridized carbons (Fsp3) is 0.486. The quantitative estimate of drug-likeness (QED) is 0.264. The first-order valence-electron chi connectivity index (χ1n) is 16.5. The van der Waals surface area contributed by atoms with E-state index in [2.05, 4.69) is 25.4 Å². The van der Waals surface area contributed by atoms with Crippen LogP contribution >= 0.6 is 0 Å². The van der Waals surface area contributed by atoms with E-state index in [1.165, 1.54) is 24.6 Å². The summed E-state index contributed by atoms with van der Waals surface area (Å²) in [6, 6.07) is 9.04. The van der Waals surface area contributed by atoms with Crippen LogP contribution in [0.1, 0.15) is 32.1 Å². The Morgan fingerprint density at radius 2 is 1.74 bits per heavy atom. The van der Waals surface area contributed by atoms with Crippen LogP contribution in [0.2, 0.25) is 0 Å². The molecule has 0 amide bonds. The summed E-state index contributed by atoms with van der Waals surface area (Å²) in [5.74, 6) is -2.40. The van der Waals surface area contributed by atoms with Crippen molar-refractivity contribution in [3.63, 3.8) is 0 Å². The van der Waals surface area contributed by atoms with Crippen LogP contribution in [-0.2, 0) is 0 Å². The highest BCUT2D eigenvalue weighted by Gasteiger charge is 2.49. The smallest absolute Gasteiger partial charge is 0.319 e. The number of hydrogen-bond acceptors (Lipinski definition) is 8. The number of likely N-dealkylation sites (tertiary alicyclic amines) is 1. The van der Waals surface area contributed by atoms with Crippen LogP contribution in [0.4, 0.5) is 19.0 Å². The van der Waals surface area contributed by atoms with E-state index in [0.29, 0.717) is 35.3 Å². The number of nitrogens with zero attached hydrogens (tertiary/aromatic N) is 4. The van der Waals surface area contributed by atoms with Crippen molar-refractivity contribution in [1.29, 1.82) is 0 Å². The first-order valence-corrected chi connectivity index (χ1v) is 16.5. The molecule has 4 aliphatic heterocycles. The molecule has 1 saturated carbocycles. The summed E-state index contributed by atoms with van der Waals surface area (Å²) < 4.78 is 52.6. The minimum Gasteiger partial charge on any atom is -0.508 e. The molecular weight excluding hydrogens is 593 g/mol. The maximum Gasteiger partial charge on any atom is 0.319 e.